The summed E-state index contributed by atoms with van der Waals surface area (Å²) in [5.41, 5.74) is 0.948. The molecule has 0 radical (unpaired) electrons. The number of cyclic esters (lactones) is 2. The number of para-hydroxylation sites is 2. The molecule has 0 aliphatic carbocycles. The summed E-state index contributed by atoms with van der Waals surface area (Å²) < 4.78 is 4.08. The van der Waals surface area contributed by atoms with Crippen molar-refractivity contribution >= 4 is 17.6 Å². The Labute approximate surface area is 117 Å². The van der Waals surface area contributed by atoms with Crippen LogP contribution in [0.5, 0.6) is 5.75 Å². The summed E-state index contributed by atoms with van der Waals surface area (Å²) in [5, 5.41) is 12.9. The number of anilines is 1. The van der Waals surface area contributed by atoms with E-state index in [1.54, 1.807) is 6.07 Å². The molecule has 2 heterocycles. The first-order chi connectivity index (χ1) is 9.66. The van der Waals surface area contributed by atoms with Gasteiger partial charge >= 0.3 is 11.9 Å². The maximum absolute atomic E-state index is 10.0. The molecule has 2 N–H and O–H groups in total. The molecule has 20 heavy (non-hydrogen) atoms. The van der Waals surface area contributed by atoms with Crippen molar-refractivity contribution in [3.63, 3.8) is 0 Å². The zero-order chi connectivity index (χ0) is 14.4. The average Bonchev–Trinajstić information content (AvgIpc) is 2.84. The van der Waals surface area contributed by atoms with E-state index in [1.165, 1.54) is 0 Å². The third kappa shape index (κ3) is 3.96. The first-order valence-electron chi connectivity index (χ1n) is 6.64. The van der Waals surface area contributed by atoms with E-state index in [-0.39, 0.29) is 12.8 Å². The van der Waals surface area contributed by atoms with E-state index >= 15 is 0 Å². The van der Waals surface area contributed by atoms with E-state index in [0.717, 1.165) is 31.9 Å². The van der Waals surface area contributed by atoms with Crippen LogP contribution < -0.4 is 10.2 Å². The Hall–Kier alpha value is -2.08. The molecule has 2 saturated heterocycles. The number of ether oxygens (including phenoxy) is 1. The minimum absolute atomic E-state index is 0.263. The summed E-state index contributed by atoms with van der Waals surface area (Å²) in [7, 11) is 0. The molecule has 0 atom stereocenters. The summed E-state index contributed by atoms with van der Waals surface area (Å²) in [6.07, 6.45) is 0.525. The number of nitrogens with zero attached hydrogens (tertiary/aromatic N) is 1. The van der Waals surface area contributed by atoms with Gasteiger partial charge < -0.3 is 20.1 Å². The van der Waals surface area contributed by atoms with Gasteiger partial charge in [-0.1, -0.05) is 12.1 Å². The molecule has 0 unspecified atom stereocenters. The molecular weight excluding hydrogens is 260 g/mol. The van der Waals surface area contributed by atoms with Crippen LogP contribution in [0.15, 0.2) is 24.3 Å². The van der Waals surface area contributed by atoms with Crippen LogP contribution in [-0.2, 0) is 14.3 Å². The zero-order valence-corrected chi connectivity index (χ0v) is 11.2. The van der Waals surface area contributed by atoms with Crippen molar-refractivity contribution in [2.45, 2.75) is 12.8 Å². The second-order valence-electron chi connectivity index (χ2n) is 4.57. The second kappa shape index (κ2) is 6.91. The van der Waals surface area contributed by atoms with Gasteiger partial charge in [0, 0.05) is 26.2 Å². The average molecular weight is 278 g/mol. The quantitative estimate of drug-likeness (QED) is 0.580. The number of carbonyl (C=O) groups is 2. The Kier molecular flexibility index (Phi) is 4.95. The van der Waals surface area contributed by atoms with E-state index < -0.39 is 11.9 Å². The van der Waals surface area contributed by atoms with Crippen LogP contribution in [-0.4, -0.2) is 43.2 Å². The van der Waals surface area contributed by atoms with Gasteiger partial charge in [0.1, 0.15) is 5.75 Å². The van der Waals surface area contributed by atoms with Crippen LogP contribution in [0, 0.1) is 0 Å². The lowest BCUT2D eigenvalue weighted by atomic mass is 10.2. The predicted octanol–water partition coefficient (Wildman–Crippen LogP) is 0.652. The van der Waals surface area contributed by atoms with Crippen LogP contribution >= 0.6 is 0 Å². The smallest absolute Gasteiger partial charge is 0.314 e. The van der Waals surface area contributed by atoms with Crippen molar-refractivity contribution in [1.82, 2.24) is 5.32 Å². The lowest BCUT2D eigenvalue weighted by Gasteiger charge is -2.29. The number of rotatable bonds is 1. The third-order valence-electron chi connectivity index (χ3n) is 3.10. The largest absolute Gasteiger partial charge is 0.506 e. The molecule has 1 aromatic rings. The van der Waals surface area contributed by atoms with E-state index in [9.17, 15) is 14.7 Å². The fourth-order valence-corrected chi connectivity index (χ4v) is 2.07. The molecule has 1 aromatic carbocycles. The highest BCUT2D eigenvalue weighted by molar-refractivity contribution is 5.92. The lowest BCUT2D eigenvalue weighted by molar-refractivity contribution is -0.151. The molecule has 2 aliphatic heterocycles. The van der Waals surface area contributed by atoms with Gasteiger partial charge in [-0.3, -0.25) is 9.59 Å². The lowest BCUT2D eigenvalue weighted by Crippen LogP contribution is -2.43. The Morgan fingerprint density at radius 2 is 1.65 bits per heavy atom. The van der Waals surface area contributed by atoms with Crippen molar-refractivity contribution < 1.29 is 19.4 Å². The Morgan fingerprint density at radius 1 is 1.05 bits per heavy atom. The van der Waals surface area contributed by atoms with Crippen molar-refractivity contribution in [2.24, 2.45) is 0 Å². The monoisotopic (exact) mass is 278 g/mol. The normalized spacial score (nSPS) is 18.3. The van der Waals surface area contributed by atoms with Gasteiger partial charge in [-0.25, -0.2) is 0 Å². The highest BCUT2D eigenvalue weighted by Crippen LogP contribution is 2.26. The second-order valence-corrected chi connectivity index (χ2v) is 4.57. The molecule has 0 saturated carbocycles. The van der Waals surface area contributed by atoms with Gasteiger partial charge in [0.05, 0.1) is 18.5 Å². The number of hydrogen-bond donors (Lipinski definition) is 2. The highest BCUT2D eigenvalue weighted by Gasteiger charge is 2.19. The number of phenolic OH excluding ortho intramolecular Hbond substituents is 1. The third-order valence-corrected chi connectivity index (χ3v) is 3.10. The van der Waals surface area contributed by atoms with Crippen molar-refractivity contribution in [2.75, 3.05) is 31.1 Å². The van der Waals surface area contributed by atoms with E-state index in [2.05, 4.69) is 15.0 Å². The predicted molar refractivity (Wildman–Crippen MR) is 73.5 cm³/mol. The number of esters is 2. The first kappa shape index (κ1) is 14.3. The SMILES string of the molecule is O=C1CCC(=O)O1.Oc1ccccc1N1CCNCC1. The Bertz CT molecular complexity index is 470. The van der Waals surface area contributed by atoms with Crippen LogP contribution in [0.1, 0.15) is 12.8 Å². The number of carbonyl (C=O) groups excluding carboxylic acids is 2. The Balaban J connectivity index is 0.000000178. The molecule has 108 valence electrons. The molecule has 2 aliphatic rings. The summed E-state index contributed by atoms with van der Waals surface area (Å²) >= 11 is 0. The number of hydrogen-bond acceptors (Lipinski definition) is 6. The molecule has 0 bridgehead atoms. The van der Waals surface area contributed by atoms with Gasteiger partial charge in [-0.2, -0.15) is 0 Å². The first-order valence-corrected chi connectivity index (χ1v) is 6.64. The molecule has 6 nitrogen and oxygen atoms in total. The van der Waals surface area contributed by atoms with Crippen LogP contribution in [0.3, 0.4) is 0 Å². The van der Waals surface area contributed by atoms with Crippen molar-refractivity contribution in [3.8, 4) is 5.75 Å². The summed E-state index contributed by atoms with van der Waals surface area (Å²) in [6.45, 7) is 3.93. The number of benzene rings is 1. The van der Waals surface area contributed by atoms with Gasteiger partial charge in [-0.15, -0.1) is 0 Å². The van der Waals surface area contributed by atoms with E-state index in [4.69, 9.17) is 0 Å². The topological polar surface area (TPSA) is 78.9 Å². The molecule has 3 rings (SSSR count). The van der Waals surface area contributed by atoms with Gasteiger partial charge in [-0.05, 0) is 12.1 Å². The fourth-order valence-electron chi connectivity index (χ4n) is 2.07. The number of nitrogens with one attached hydrogen (secondary N) is 1. The van der Waals surface area contributed by atoms with E-state index in [0.29, 0.717) is 5.75 Å². The van der Waals surface area contributed by atoms with Crippen molar-refractivity contribution in [3.05, 3.63) is 24.3 Å². The highest BCUT2D eigenvalue weighted by atomic mass is 16.6. The van der Waals surface area contributed by atoms with Crippen LogP contribution in [0.4, 0.5) is 5.69 Å². The van der Waals surface area contributed by atoms with Gasteiger partial charge in [0.15, 0.2) is 0 Å². The molecule has 2 fully saturated rings. The molecule has 0 spiro atoms. The number of aromatic hydroxyl groups is 1. The van der Waals surface area contributed by atoms with Crippen LogP contribution in [0.25, 0.3) is 0 Å². The molecular formula is C14H18N2O4. The van der Waals surface area contributed by atoms with E-state index in [1.807, 2.05) is 18.2 Å². The molecule has 6 heteroatoms. The zero-order valence-electron chi connectivity index (χ0n) is 11.2. The maximum atomic E-state index is 10.0. The summed E-state index contributed by atoms with van der Waals surface area (Å²) in [4.78, 5) is 22.2. The Morgan fingerprint density at radius 3 is 2.15 bits per heavy atom. The number of piperazine rings is 1. The minimum Gasteiger partial charge on any atom is -0.506 e. The van der Waals surface area contributed by atoms with Gasteiger partial charge in [0.2, 0.25) is 0 Å². The standard InChI is InChI=1S/C10H14N2O.C4H4O3/c13-10-4-2-1-3-9(10)12-7-5-11-6-8-12;5-3-1-2-4(6)7-3/h1-4,11,13H,5-8H2;1-2H2. The van der Waals surface area contributed by atoms with Crippen molar-refractivity contribution in [1.29, 1.82) is 0 Å². The number of phenols is 1. The minimum atomic E-state index is -0.398. The summed E-state index contributed by atoms with van der Waals surface area (Å²) in [6, 6.07) is 7.50. The van der Waals surface area contributed by atoms with Crippen LogP contribution in [0.2, 0.25) is 0 Å². The summed E-state index contributed by atoms with van der Waals surface area (Å²) in [5.74, 6) is -0.417. The van der Waals surface area contributed by atoms with Gasteiger partial charge in [0.25, 0.3) is 0 Å². The maximum Gasteiger partial charge on any atom is 0.314 e. The molecule has 0 amide bonds. The fraction of sp³-hybridized carbons (Fsp3) is 0.429. The molecule has 0 aromatic heterocycles.